The maximum Gasteiger partial charge on any atom is 0.403 e. The summed E-state index contributed by atoms with van der Waals surface area (Å²) in [6.45, 7) is 0. The summed E-state index contributed by atoms with van der Waals surface area (Å²) in [4.78, 5) is 15.1. The summed E-state index contributed by atoms with van der Waals surface area (Å²) in [7, 11) is 0. The Kier molecular flexibility index (Phi) is 1.39. The second-order valence-corrected chi connectivity index (χ2v) is 2.49. The predicted octanol–water partition coefficient (Wildman–Crippen LogP) is -1.42. The van der Waals surface area contributed by atoms with Gasteiger partial charge in [-0.25, -0.2) is 4.79 Å². The first-order valence-electron chi connectivity index (χ1n) is 3.39. The molecule has 0 aliphatic carbocycles. The molecule has 0 spiro atoms. The Hall–Kier alpha value is -1.40. The van der Waals surface area contributed by atoms with E-state index in [1.165, 1.54) is 10.8 Å². The molecule has 1 atom stereocenters. The number of aliphatic carboxylic acids is 1. The molecule has 1 unspecified atom stereocenters. The van der Waals surface area contributed by atoms with Crippen LogP contribution in [0.15, 0.2) is 11.8 Å². The molecule has 0 saturated carbocycles. The molecule has 0 aromatic heterocycles. The van der Waals surface area contributed by atoms with E-state index in [1.54, 1.807) is 0 Å². The Morgan fingerprint density at radius 1 is 1.83 bits per heavy atom. The zero-order chi connectivity index (χ0) is 8.72. The van der Waals surface area contributed by atoms with Crippen molar-refractivity contribution in [2.24, 2.45) is 0 Å². The van der Waals surface area contributed by atoms with Crippen LogP contribution in [0.25, 0.3) is 0 Å². The highest BCUT2D eigenvalue weighted by atomic mass is 16.8. The monoisotopic (exact) mass is 171 g/mol. The van der Waals surface area contributed by atoms with Crippen molar-refractivity contribution in [3.8, 4) is 0 Å². The van der Waals surface area contributed by atoms with E-state index < -0.39 is 12.3 Å². The standard InChI is InChI=1S/C6H6N2O4/c9-5(10)3-1-2-4-6(11)12-7-8(3)4/h1,6-7,11H,2H2/p+1. The number of allylic oxidation sites excluding steroid dienone is 1. The van der Waals surface area contributed by atoms with Gasteiger partial charge in [-0.05, 0) is 4.68 Å². The van der Waals surface area contributed by atoms with E-state index in [9.17, 15) is 4.79 Å². The van der Waals surface area contributed by atoms with E-state index in [2.05, 4.69) is 10.4 Å². The fourth-order valence-corrected chi connectivity index (χ4v) is 1.21. The minimum Gasteiger partial charge on any atom is -0.473 e. The van der Waals surface area contributed by atoms with E-state index in [4.69, 9.17) is 10.2 Å². The van der Waals surface area contributed by atoms with Gasteiger partial charge in [0.1, 0.15) is 0 Å². The number of carboxylic acids is 1. The number of carboxylic acid groups (broad SMARTS) is 1. The van der Waals surface area contributed by atoms with Crippen LogP contribution < -0.4 is 5.59 Å². The number of aliphatic hydroxyl groups excluding tert-OH is 1. The highest BCUT2D eigenvalue weighted by Crippen LogP contribution is 2.15. The highest BCUT2D eigenvalue weighted by molar-refractivity contribution is 5.93. The quantitative estimate of drug-likeness (QED) is 0.422. The van der Waals surface area contributed by atoms with E-state index in [0.29, 0.717) is 12.1 Å². The minimum absolute atomic E-state index is 0.0848. The number of carbonyl (C=O) groups is 1. The van der Waals surface area contributed by atoms with Gasteiger partial charge >= 0.3 is 11.7 Å². The predicted molar refractivity (Wildman–Crippen MR) is 35.8 cm³/mol. The number of nitrogens with zero attached hydrogens (tertiary/aromatic N) is 1. The molecule has 0 amide bonds. The molecule has 2 aliphatic heterocycles. The molecule has 2 aliphatic rings. The van der Waals surface area contributed by atoms with Gasteiger partial charge in [0.15, 0.2) is 0 Å². The van der Waals surface area contributed by atoms with Gasteiger partial charge in [0, 0.05) is 6.08 Å². The molecule has 0 bridgehead atoms. The molecule has 6 nitrogen and oxygen atoms in total. The van der Waals surface area contributed by atoms with Crippen LogP contribution in [-0.4, -0.2) is 32.9 Å². The van der Waals surface area contributed by atoms with Crippen molar-refractivity contribution in [3.63, 3.8) is 0 Å². The molecular weight excluding hydrogens is 164 g/mol. The largest absolute Gasteiger partial charge is 0.473 e. The van der Waals surface area contributed by atoms with Gasteiger partial charge in [-0.3, -0.25) is 0 Å². The molecule has 3 N–H and O–H groups in total. The third-order valence-electron chi connectivity index (χ3n) is 1.79. The number of hydrazine groups is 1. The molecule has 6 heteroatoms. The molecule has 0 radical (unpaired) electrons. The lowest BCUT2D eigenvalue weighted by atomic mass is 10.3. The van der Waals surface area contributed by atoms with Gasteiger partial charge in [-0.2, -0.15) is 4.84 Å². The highest BCUT2D eigenvalue weighted by Gasteiger charge is 2.42. The number of aliphatic hydroxyl groups is 1. The van der Waals surface area contributed by atoms with Crippen LogP contribution >= 0.6 is 0 Å². The molecular formula is C6H7N2O4+. The number of nitrogens with one attached hydrogen (secondary N) is 1. The van der Waals surface area contributed by atoms with Crippen molar-refractivity contribution in [2.45, 2.75) is 12.7 Å². The maximum absolute atomic E-state index is 10.6. The Balaban J connectivity index is 2.33. The van der Waals surface area contributed by atoms with E-state index in [0.717, 1.165) is 0 Å². The summed E-state index contributed by atoms with van der Waals surface area (Å²) in [5.74, 6) is -1.05. The third-order valence-corrected chi connectivity index (χ3v) is 1.79. The SMILES string of the molecule is O=C(O)C1=CCC2=[N+]1NOC2O. The first-order valence-corrected chi connectivity index (χ1v) is 3.39. The van der Waals surface area contributed by atoms with Gasteiger partial charge < -0.3 is 10.2 Å². The van der Waals surface area contributed by atoms with Gasteiger partial charge in [0.25, 0.3) is 12.0 Å². The van der Waals surface area contributed by atoms with Crippen LogP contribution in [0.5, 0.6) is 0 Å². The smallest absolute Gasteiger partial charge is 0.403 e. The molecule has 0 aromatic rings. The maximum atomic E-state index is 10.6. The molecule has 12 heavy (non-hydrogen) atoms. The normalized spacial score (nSPS) is 26.8. The van der Waals surface area contributed by atoms with Crippen LogP contribution in [0.4, 0.5) is 0 Å². The minimum atomic E-state index is -1.05. The van der Waals surface area contributed by atoms with Crippen LogP contribution in [0, 0.1) is 0 Å². The number of rotatable bonds is 1. The van der Waals surface area contributed by atoms with E-state index in [-0.39, 0.29) is 5.70 Å². The molecule has 2 heterocycles. The van der Waals surface area contributed by atoms with Crippen molar-refractivity contribution < 1.29 is 24.5 Å². The molecule has 2 rings (SSSR count). The topological polar surface area (TPSA) is 81.8 Å². The molecule has 0 fully saturated rings. The lowest BCUT2D eigenvalue weighted by Gasteiger charge is -1.94. The Labute approximate surface area is 67.3 Å². The van der Waals surface area contributed by atoms with Crippen LogP contribution in [0.3, 0.4) is 0 Å². The summed E-state index contributed by atoms with van der Waals surface area (Å²) in [5, 5.41) is 17.8. The second-order valence-electron chi connectivity index (χ2n) is 2.49. The van der Waals surface area contributed by atoms with Crippen molar-refractivity contribution in [2.75, 3.05) is 0 Å². The molecule has 0 saturated heterocycles. The fraction of sp³-hybridized carbons (Fsp3) is 0.333. The Morgan fingerprint density at radius 3 is 3.25 bits per heavy atom. The van der Waals surface area contributed by atoms with Gasteiger partial charge in [0.05, 0.1) is 6.42 Å². The number of hydrogen-bond donors (Lipinski definition) is 3. The van der Waals surface area contributed by atoms with Crippen molar-refractivity contribution in [1.29, 1.82) is 0 Å². The van der Waals surface area contributed by atoms with Gasteiger partial charge in [0.2, 0.25) is 0 Å². The van der Waals surface area contributed by atoms with Crippen molar-refractivity contribution >= 4 is 11.7 Å². The summed E-state index contributed by atoms with van der Waals surface area (Å²) in [6, 6.07) is 0. The lowest BCUT2D eigenvalue weighted by molar-refractivity contribution is -0.578. The average Bonchev–Trinajstić information content (AvgIpc) is 2.53. The molecule has 64 valence electrons. The van der Waals surface area contributed by atoms with Crippen LogP contribution in [0.1, 0.15) is 6.42 Å². The van der Waals surface area contributed by atoms with Crippen molar-refractivity contribution in [3.05, 3.63) is 11.8 Å². The Morgan fingerprint density at radius 2 is 2.58 bits per heavy atom. The average molecular weight is 171 g/mol. The van der Waals surface area contributed by atoms with Crippen LogP contribution in [-0.2, 0) is 9.63 Å². The zero-order valence-corrected chi connectivity index (χ0v) is 6.02. The summed E-state index contributed by atoms with van der Waals surface area (Å²) >= 11 is 0. The third kappa shape index (κ3) is 0.821. The van der Waals surface area contributed by atoms with Gasteiger partial charge in [-0.15, -0.1) is 0 Å². The van der Waals surface area contributed by atoms with Gasteiger partial charge in [-0.1, -0.05) is 5.59 Å². The second kappa shape index (κ2) is 2.29. The first kappa shape index (κ1) is 7.26. The van der Waals surface area contributed by atoms with E-state index >= 15 is 0 Å². The summed E-state index contributed by atoms with van der Waals surface area (Å²) in [5.41, 5.74) is 2.89. The van der Waals surface area contributed by atoms with E-state index in [1.807, 2.05) is 0 Å². The van der Waals surface area contributed by atoms with Crippen LogP contribution in [0.2, 0.25) is 0 Å². The Bertz CT molecular complexity index is 307. The number of hydrazone groups is 1. The summed E-state index contributed by atoms with van der Waals surface area (Å²) < 4.78 is 1.23. The lowest BCUT2D eigenvalue weighted by Crippen LogP contribution is -2.25. The summed E-state index contributed by atoms with van der Waals surface area (Å²) in [6.07, 6.45) is 0.866. The molecule has 0 aromatic carbocycles. The fourth-order valence-electron chi connectivity index (χ4n) is 1.21. The van der Waals surface area contributed by atoms with Crippen molar-refractivity contribution in [1.82, 2.24) is 5.59 Å². The first-order chi connectivity index (χ1) is 5.70. The zero-order valence-electron chi connectivity index (χ0n) is 6.02. The number of hydrogen-bond acceptors (Lipinski definition) is 4.